The van der Waals surface area contributed by atoms with Crippen LogP contribution in [0.5, 0.6) is 17.2 Å². The van der Waals surface area contributed by atoms with Crippen LogP contribution in [0.25, 0.3) is 5.69 Å². The third kappa shape index (κ3) is 3.49. The molecular weight excluding hydrogens is 426 g/mol. The van der Waals surface area contributed by atoms with Crippen molar-refractivity contribution < 1.29 is 38.1 Å². The molecule has 10 heteroatoms. The number of methoxy groups -OCH3 is 2. The van der Waals surface area contributed by atoms with Crippen molar-refractivity contribution in [2.24, 2.45) is 0 Å². The summed E-state index contributed by atoms with van der Waals surface area (Å²) in [6, 6.07) is 5.80. The van der Waals surface area contributed by atoms with Gasteiger partial charge < -0.3 is 29.6 Å². The minimum Gasteiger partial charge on any atom is -0.502 e. The smallest absolute Gasteiger partial charge is 0.339 e. The summed E-state index contributed by atoms with van der Waals surface area (Å²) in [7, 11) is 2.69. The fraction of sp³-hybridized carbons (Fsp3) is 0.182. The van der Waals surface area contributed by atoms with E-state index < -0.39 is 29.4 Å². The molecule has 2 aromatic carbocycles. The number of hydrogen-bond donors (Lipinski definition) is 3. The summed E-state index contributed by atoms with van der Waals surface area (Å²) in [6.45, 7) is 0. The maximum Gasteiger partial charge on any atom is 0.339 e. The summed E-state index contributed by atoms with van der Waals surface area (Å²) < 4.78 is 39.6. The minimum absolute atomic E-state index is 0.0226. The Morgan fingerprint density at radius 2 is 1.69 bits per heavy atom. The van der Waals surface area contributed by atoms with Gasteiger partial charge in [-0.1, -0.05) is 0 Å². The molecule has 3 N–H and O–H groups in total. The Balaban J connectivity index is 2.01. The van der Waals surface area contributed by atoms with Gasteiger partial charge in [0.1, 0.15) is 17.2 Å². The second-order valence-corrected chi connectivity index (χ2v) is 7.18. The Morgan fingerprint density at radius 1 is 1.09 bits per heavy atom. The van der Waals surface area contributed by atoms with Crippen molar-refractivity contribution in [2.45, 2.75) is 12.3 Å². The molecule has 0 radical (unpaired) electrons. The van der Waals surface area contributed by atoms with Crippen molar-refractivity contribution in [3.8, 4) is 22.9 Å². The summed E-state index contributed by atoms with van der Waals surface area (Å²) in [5.41, 5.74) is 0.613. The van der Waals surface area contributed by atoms with E-state index in [1.165, 1.54) is 37.1 Å². The number of benzene rings is 2. The van der Waals surface area contributed by atoms with Crippen molar-refractivity contribution in [1.82, 2.24) is 4.57 Å². The van der Waals surface area contributed by atoms with Gasteiger partial charge in [-0.15, -0.1) is 0 Å². The standard InChI is InChI=1S/C22H18F2N2O6/c1-31-16-3-10(4-17(32-2)21(16)28)14-8-18(27)25-19-15(22(29)30)9-26(20(14)19)13-6-11(23)5-12(24)7-13/h3-7,9,14,28H,8H2,1-2H3,(H,25,27)(H,29,30). The van der Waals surface area contributed by atoms with Crippen LogP contribution in [0.3, 0.4) is 0 Å². The minimum atomic E-state index is -1.32. The number of aromatic nitrogens is 1. The van der Waals surface area contributed by atoms with Crippen LogP contribution in [0.1, 0.15) is 34.0 Å². The summed E-state index contributed by atoms with van der Waals surface area (Å²) in [4.78, 5) is 24.3. The number of ether oxygens (including phenoxy) is 2. The zero-order valence-corrected chi connectivity index (χ0v) is 17.0. The molecule has 166 valence electrons. The Labute approximate surface area is 180 Å². The Morgan fingerprint density at radius 3 is 2.22 bits per heavy atom. The second kappa shape index (κ2) is 7.88. The van der Waals surface area contributed by atoms with E-state index in [4.69, 9.17) is 9.47 Å². The molecule has 1 aliphatic rings. The average Bonchev–Trinajstić information content (AvgIpc) is 3.12. The maximum absolute atomic E-state index is 13.9. The molecule has 0 aliphatic carbocycles. The molecule has 4 rings (SSSR count). The van der Waals surface area contributed by atoms with Crippen LogP contribution in [0.4, 0.5) is 14.5 Å². The summed E-state index contributed by atoms with van der Waals surface area (Å²) in [5.74, 6) is -4.26. The summed E-state index contributed by atoms with van der Waals surface area (Å²) >= 11 is 0. The van der Waals surface area contributed by atoms with Gasteiger partial charge >= 0.3 is 5.97 Å². The van der Waals surface area contributed by atoms with Gasteiger partial charge in [-0.3, -0.25) is 4.79 Å². The van der Waals surface area contributed by atoms with E-state index in [0.717, 1.165) is 12.1 Å². The fourth-order valence-corrected chi connectivity index (χ4v) is 3.91. The van der Waals surface area contributed by atoms with Gasteiger partial charge in [0.25, 0.3) is 0 Å². The molecule has 1 amide bonds. The molecule has 1 atom stereocenters. The molecule has 0 spiro atoms. The lowest BCUT2D eigenvalue weighted by molar-refractivity contribution is -0.116. The molecule has 32 heavy (non-hydrogen) atoms. The first-order chi connectivity index (χ1) is 15.2. The van der Waals surface area contributed by atoms with Crippen LogP contribution >= 0.6 is 0 Å². The number of phenolic OH excluding ortho intramolecular Hbond substituents is 1. The van der Waals surface area contributed by atoms with Crippen molar-refractivity contribution in [3.05, 3.63) is 65.0 Å². The zero-order chi connectivity index (χ0) is 23.2. The highest BCUT2D eigenvalue weighted by atomic mass is 19.1. The van der Waals surface area contributed by atoms with Crippen LogP contribution < -0.4 is 14.8 Å². The monoisotopic (exact) mass is 444 g/mol. The van der Waals surface area contributed by atoms with E-state index in [2.05, 4.69) is 5.32 Å². The number of aromatic hydroxyl groups is 1. The van der Waals surface area contributed by atoms with Gasteiger partial charge in [0.15, 0.2) is 11.5 Å². The van der Waals surface area contributed by atoms with Crippen LogP contribution in [0.2, 0.25) is 0 Å². The number of hydrogen-bond acceptors (Lipinski definition) is 5. The van der Waals surface area contributed by atoms with Crippen LogP contribution in [0.15, 0.2) is 36.5 Å². The molecule has 2 heterocycles. The van der Waals surface area contributed by atoms with E-state index >= 15 is 0 Å². The number of amides is 1. The van der Waals surface area contributed by atoms with Gasteiger partial charge in [0.2, 0.25) is 11.7 Å². The Bertz CT molecular complexity index is 1210. The van der Waals surface area contributed by atoms with Crippen molar-refractivity contribution in [1.29, 1.82) is 0 Å². The average molecular weight is 444 g/mol. The highest BCUT2D eigenvalue weighted by Crippen LogP contribution is 2.46. The first-order valence-electron chi connectivity index (χ1n) is 9.43. The first kappa shape index (κ1) is 21.2. The van der Waals surface area contributed by atoms with Gasteiger partial charge in [-0.25, -0.2) is 13.6 Å². The van der Waals surface area contributed by atoms with E-state index in [-0.39, 0.29) is 40.6 Å². The number of carbonyl (C=O) groups is 2. The zero-order valence-electron chi connectivity index (χ0n) is 17.0. The topological polar surface area (TPSA) is 110 Å². The van der Waals surface area contributed by atoms with Gasteiger partial charge in [-0.05, 0) is 29.8 Å². The molecule has 0 saturated carbocycles. The largest absolute Gasteiger partial charge is 0.502 e. The lowest BCUT2D eigenvalue weighted by atomic mass is 9.87. The van der Waals surface area contributed by atoms with Crippen molar-refractivity contribution in [2.75, 3.05) is 19.5 Å². The lowest BCUT2D eigenvalue weighted by Crippen LogP contribution is -2.25. The number of carboxylic acid groups (broad SMARTS) is 1. The maximum atomic E-state index is 13.9. The van der Waals surface area contributed by atoms with Crippen molar-refractivity contribution in [3.63, 3.8) is 0 Å². The number of halogens is 2. The molecule has 1 unspecified atom stereocenters. The second-order valence-electron chi connectivity index (χ2n) is 7.18. The predicted octanol–water partition coefficient (Wildman–Crippen LogP) is 3.65. The van der Waals surface area contributed by atoms with E-state index in [1.54, 1.807) is 0 Å². The Kier molecular flexibility index (Phi) is 5.21. The van der Waals surface area contributed by atoms with E-state index in [0.29, 0.717) is 17.3 Å². The number of nitrogens with one attached hydrogen (secondary N) is 1. The normalized spacial score (nSPS) is 15.1. The van der Waals surface area contributed by atoms with E-state index in [1.807, 2.05) is 0 Å². The third-order valence-corrected chi connectivity index (χ3v) is 5.29. The molecule has 0 bridgehead atoms. The summed E-state index contributed by atoms with van der Waals surface area (Å²) in [6.07, 6.45) is 1.11. The molecule has 0 fully saturated rings. The highest BCUT2D eigenvalue weighted by molar-refractivity contribution is 6.04. The molecular formula is C22H18F2N2O6. The predicted molar refractivity (Wildman–Crippen MR) is 109 cm³/mol. The van der Waals surface area contributed by atoms with Crippen LogP contribution in [-0.2, 0) is 4.79 Å². The quantitative estimate of drug-likeness (QED) is 0.554. The summed E-state index contributed by atoms with van der Waals surface area (Å²) in [5, 5.41) is 22.5. The molecule has 1 aromatic heterocycles. The molecule has 0 saturated heterocycles. The van der Waals surface area contributed by atoms with Gasteiger partial charge in [-0.2, -0.15) is 0 Å². The lowest BCUT2D eigenvalue weighted by Gasteiger charge is -2.27. The number of anilines is 1. The van der Waals surface area contributed by atoms with Crippen LogP contribution in [0, 0.1) is 11.6 Å². The number of phenols is 1. The SMILES string of the molecule is COc1cc(C2CC(=O)Nc3c(C(=O)O)cn(-c4cc(F)cc(F)c4)c32)cc(OC)c1O. The number of carboxylic acids is 1. The van der Waals surface area contributed by atoms with Gasteiger partial charge in [0, 0.05) is 24.6 Å². The highest BCUT2D eigenvalue weighted by Gasteiger charge is 2.35. The number of rotatable bonds is 5. The molecule has 8 nitrogen and oxygen atoms in total. The number of carbonyl (C=O) groups excluding carboxylic acids is 1. The number of aromatic carboxylic acids is 1. The van der Waals surface area contributed by atoms with Crippen molar-refractivity contribution >= 4 is 17.6 Å². The number of nitrogens with zero attached hydrogens (tertiary/aromatic N) is 1. The third-order valence-electron chi connectivity index (χ3n) is 5.29. The number of fused-ring (bicyclic) bond motifs is 1. The van der Waals surface area contributed by atoms with E-state index in [9.17, 15) is 28.6 Å². The molecule has 1 aliphatic heterocycles. The first-order valence-corrected chi connectivity index (χ1v) is 9.43. The van der Waals surface area contributed by atoms with Gasteiger partial charge in [0.05, 0.1) is 31.3 Å². The fourth-order valence-electron chi connectivity index (χ4n) is 3.91. The Hall–Kier alpha value is -4.08. The molecule has 3 aromatic rings. The van der Waals surface area contributed by atoms with Crippen LogP contribution in [-0.4, -0.2) is 40.9 Å².